The van der Waals surface area contributed by atoms with E-state index in [1.807, 2.05) is 55.5 Å². The van der Waals surface area contributed by atoms with Crippen molar-refractivity contribution in [2.24, 2.45) is 5.10 Å². The van der Waals surface area contributed by atoms with E-state index in [0.29, 0.717) is 30.5 Å². The number of ether oxygens (including phenoxy) is 2. The number of rotatable bonds is 12. The lowest BCUT2D eigenvalue weighted by Gasteiger charge is -2.12. The zero-order chi connectivity index (χ0) is 24.2. The Hall–Kier alpha value is -3.85. The fourth-order valence-corrected chi connectivity index (χ4v) is 3.69. The van der Waals surface area contributed by atoms with E-state index in [4.69, 9.17) is 9.47 Å². The van der Waals surface area contributed by atoms with Crippen LogP contribution in [-0.4, -0.2) is 29.4 Å². The van der Waals surface area contributed by atoms with Crippen LogP contribution in [-0.2, 0) is 17.2 Å². The van der Waals surface area contributed by atoms with E-state index in [1.54, 1.807) is 18.3 Å². The molecule has 3 rings (SSSR count). The Bertz CT molecular complexity index is 1120. The van der Waals surface area contributed by atoms with Crippen molar-refractivity contribution in [1.29, 1.82) is 0 Å². The number of nitro groups is 1. The third kappa shape index (κ3) is 7.93. The summed E-state index contributed by atoms with van der Waals surface area (Å²) < 4.78 is 11.6. The monoisotopic (exact) mass is 479 g/mol. The molecule has 0 atom stereocenters. The maximum atomic E-state index is 12.0. The van der Waals surface area contributed by atoms with Gasteiger partial charge in [-0.05, 0) is 41.8 Å². The van der Waals surface area contributed by atoms with Gasteiger partial charge in [0.2, 0.25) is 5.91 Å². The van der Waals surface area contributed by atoms with Crippen molar-refractivity contribution in [2.45, 2.75) is 19.3 Å². The molecule has 8 nitrogen and oxygen atoms in total. The van der Waals surface area contributed by atoms with Crippen LogP contribution < -0.4 is 14.9 Å². The predicted molar refractivity (Wildman–Crippen MR) is 133 cm³/mol. The van der Waals surface area contributed by atoms with Gasteiger partial charge in [0.1, 0.15) is 6.61 Å². The van der Waals surface area contributed by atoms with Crippen molar-refractivity contribution < 1.29 is 19.2 Å². The summed E-state index contributed by atoms with van der Waals surface area (Å²) in [5.74, 6) is 1.78. The van der Waals surface area contributed by atoms with Crippen molar-refractivity contribution in [1.82, 2.24) is 5.43 Å². The number of carbonyl (C=O) groups excluding carboxylic acids is 1. The van der Waals surface area contributed by atoms with Gasteiger partial charge in [-0.2, -0.15) is 5.10 Å². The minimum atomic E-state index is -0.439. The van der Waals surface area contributed by atoms with Crippen LogP contribution in [0, 0.1) is 10.1 Å². The summed E-state index contributed by atoms with van der Waals surface area (Å²) in [4.78, 5) is 22.3. The number of benzene rings is 3. The highest BCUT2D eigenvalue weighted by atomic mass is 32.2. The predicted octanol–water partition coefficient (Wildman–Crippen LogP) is 4.96. The highest BCUT2D eigenvalue weighted by Crippen LogP contribution is 2.29. The molecule has 0 unspecified atom stereocenters. The molecule has 0 heterocycles. The van der Waals surface area contributed by atoms with Crippen molar-refractivity contribution >= 4 is 29.6 Å². The fraction of sp³-hybridized carbons (Fsp3) is 0.200. The first-order chi connectivity index (χ1) is 16.5. The Morgan fingerprint density at radius 2 is 1.79 bits per heavy atom. The molecule has 34 heavy (non-hydrogen) atoms. The first-order valence-electron chi connectivity index (χ1n) is 10.6. The third-order valence-corrected chi connectivity index (χ3v) is 5.56. The molecule has 0 radical (unpaired) electrons. The molecule has 3 aromatic carbocycles. The maximum absolute atomic E-state index is 12.0. The number of hydrogen-bond donors (Lipinski definition) is 1. The Labute approximate surface area is 202 Å². The average molecular weight is 480 g/mol. The number of nitrogens with one attached hydrogen (secondary N) is 1. The van der Waals surface area contributed by atoms with Crippen LogP contribution in [0.4, 0.5) is 5.69 Å². The molecule has 9 heteroatoms. The zero-order valence-electron chi connectivity index (χ0n) is 18.7. The largest absolute Gasteiger partial charge is 0.490 e. The standard InChI is InChI=1S/C25H25N3O5S/c1-2-32-24-14-21(10-13-23(24)33-16-19-6-4-3-5-7-19)15-26-27-25(29)18-34-17-20-8-11-22(12-9-20)28(30)31/h3-15H,2,16-18H2,1H3,(H,27,29). The Morgan fingerprint density at radius 3 is 2.50 bits per heavy atom. The second-order valence-electron chi connectivity index (χ2n) is 7.12. The van der Waals surface area contributed by atoms with Gasteiger partial charge in [-0.1, -0.05) is 42.5 Å². The van der Waals surface area contributed by atoms with Gasteiger partial charge in [0.05, 0.1) is 23.5 Å². The molecule has 176 valence electrons. The molecule has 1 amide bonds. The number of carbonyl (C=O) groups is 1. The summed E-state index contributed by atoms with van der Waals surface area (Å²) in [6.07, 6.45) is 1.54. The van der Waals surface area contributed by atoms with Crippen LogP contribution in [0.1, 0.15) is 23.6 Å². The van der Waals surface area contributed by atoms with E-state index in [0.717, 1.165) is 16.7 Å². The first-order valence-corrected chi connectivity index (χ1v) is 11.8. The normalized spacial score (nSPS) is 10.7. The van der Waals surface area contributed by atoms with Crippen LogP contribution in [0.3, 0.4) is 0 Å². The van der Waals surface area contributed by atoms with Gasteiger partial charge in [-0.15, -0.1) is 11.8 Å². The molecule has 0 spiro atoms. The van der Waals surface area contributed by atoms with Gasteiger partial charge in [0, 0.05) is 17.9 Å². The molecule has 0 aliphatic rings. The van der Waals surface area contributed by atoms with Crippen molar-refractivity contribution in [2.75, 3.05) is 12.4 Å². The molecule has 0 aliphatic heterocycles. The van der Waals surface area contributed by atoms with Gasteiger partial charge in [0.25, 0.3) is 5.69 Å². The minimum Gasteiger partial charge on any atom is -0.490 e. The van der Waals surface area contributed by atoms with E-state index in [-0.39, 0.29) is 17.3 Å². The second-order valence-corrected chi connectivity index (χ2v) is 8.11. The number of hydrogen-bond acceptors (Lipinski definition) is 7. The number of thioether (sulfide) groups is 1. The Morgan fingerprint density at radius 1 is 1.03 bits per heavy atom. The van der Waals surface area contributed by atoms with E-state index in [1.165, 1.54) is 23.9 Å². The smallest absolute Gasteiger partial charge is 0.269 e. The highest BCUT2D eigenvalue weighted by molar-refractivity contribution is 7.99. The topological polar surface area (TPSA) is 103 Å². The van der Waals surface area contributed by atoms with Crippen LogP contribution in [0.25, 0.3) is 0 Å². The van der Waals surface area contributed by atoms with Gasteiger partial charge in [-0.3, -0.25) is 14.9 Å². The molecule has 0 saturated carbocycles. The lowest BCUT2D eigenvalue weighted by Crippen LogP contribution is -2.19. The summed E-state index contributed by atoms with van der Waals surface area (Å²) in [6, 6.07) is 21.6. The van der Waals surface area contributed by atoms with E-state index in [9.17, 15) is 14.9 Å². The fourth-order valence-electron chi connectivity index (χ4n) is 2.91. The van der Waals surface area contributed by atoms with Gasteiger partial charge in [-0.25, -0.2) is 5.43 Å². The molecule has 0 aromatic heterocycles. The summed E-state index contributed by atoms with van der Waals surface area (Å²) in [5, 5.41) is 14.7. The Balaban J connectivity index is 1.47. The molecule has 0 saturated heterocycles. The van der Waals surface area contributed by atoms with E-state index >= 15 is 0 Å². The molecule has 0 aliphatic carbocycles. The number of hydrazone groups is 1. The van der Waals surface area contributed by atoms with Gasteiger partial charge in [0.15, 0.2) is 11.5 Å². The molecular weight excluding hydrogens is 454 g/mol. The molecule has 3 aromatic rings. The van der Waals surface area contributed by atoms with E-state index < -0.39 is 4.92 Å². The van der Waals surface area contributed by atoms with Crippen LogP contribution in [0.5, 0.6) is 11.5 Å². The number of nitro benzene ring substituents is 1. The summed E-state index contributed by atoms with van der Waals surface area (Å²) in [6.45, 7) is 2.82. The van der Waals surface area contributed by atoms with Crippen LogP contribution in [0.2, 0.25) is 0 Å². The molecular formula is C25H25N3O5S. The molecule has 0 fully saturated rings. The SMILES string of the molecule is CCOc1cc(C=NNC(=O)CSCc2ccc([N+](=O)[O-])cc2)ccc1OCc1ccccc1. The first kappa shape index (κ1) is 24.8. The second kappa shape index (κ2) is 13.0. The van der Waals surface area contributed by atoms with Gasteiger partial charge < -0.3 is 9.47 Å². The minimum absolute atomic E-state index is 0.0455. The maximum Gasteiger partial charge on any atom is 0.269 e. The van der Waals surface area contributed by atoms with E-state index in [2.05, 4.69) is 10.5 Å². The third-order valence-electron chi connectivity index (χ3n) is 4.56. The molecule has 1 N–H and O–H groups in total. The van der Waals surface area contributed by atoms with Gasteiger partial charge >= 0.3 is 0 Å². The van der Waals surface area contributed by atoms with Crippen molar-refractivity contribution in [3.8, 4) is 11.5 Å². The number of non-ortho nitro benzene ring substituents is 1. The van der Waals surface area contributed by atoms with Crippen molar-refractivity contribution in [3.63, 3.8) is 0 Å². The summed E-state index contributed by atoms with van der Waals surface area (Å²) in [7, 11) is 0. The number of amides is 1. The Kier molecular flexibility index (Phi) is 9.48. The quantitative estimate of drug-likeness (QED) is 0.224. The van der Waals surface area contributed by atoms with Crippen LogP contribution >= 0.6 is 11.8 Å². The van der Waals surface area contributed by atoms with Crippen molar-refractivity contribution in [3.05, 3.63) is 99.6 Å². The lowest BCUT2D eigenvalue weighted by molar-refractivity contribution is -0.384. The highest BCUT2D eigenvalue weighted by Gasteiger charge is 2.08. The summed E-state index contributed by atoms with van der Waals surface area (Å²) in [5.41, 5.74) is 5.27. The summed E-state index contributed by atoms with van der Waals surface area (Å²) >= 11 is 1.40. The number of nitrogens with zero attached hydrogens (tertiary/aromatic N) is 2. The molecule has 0 bridgehead atoms. The zero-order valence-corrected chi connectivity index (χ0v) is 19.5. The van der Waals surface area contributed by atoms with Crippen LogP contribution in [0.15, 0.2) is 77.9 Å². The average Bonchev–Trinajstić information content (AvgIpc) is 2.85. The lowest BCUT2D eigenvalue weighted by atomic mass is 10.2.